The van der Waals surface area contributed by atoms with E-state index in [1.807, 2.05) is 0 Å². The molecule has 0 spiro atoms. The Morgan fingerprint density at radius 2 is 1.93 bits per heavy atom. The average Bonchev–Trinajstić information content (AvgIpc) is 2.66. The molecule has 0 bridgehead atoms. The summed E-state index contributed by atoms with van der Waals surface area (Å²) in [5.74, 6) is 0.0924. The van der Waals surface area contributed by atoms with Gasteiger partial charge in [-0.2, -0.15) is 0 Å². The molecule has 2 aromatic carbocycles. The van der Waals surface area contributed by atoms with Gasteiger partial charge in [-0.15, -0.1) is 0 Å². The lowest BCUT2D eigenvalue weighted by molar-refractivity contribution is -0.111. The number of ether oxygens (including phenoxy) is 3. The van der Waals surface area contributed by atoms with Crippen molar-refractivity contribution in [2.75, 3.05) is 26.1 Å². The van der Waals surface area contributed by atoms with Crippen LogP contribution in [0.1, 0.15) is 22.8 Å². The highest BCUT2D eigenvalue weighted by molar-refractivity contribution is 6.32. The van der Waals surface area contributed by atoms with Gasteiger partial charge in [-0.05, 0) is 48.9 Å². The second-order valence-corrected chi connectivity index (χ2v) is 5.77. The summed E-state index contributed by atoms with van der Waals surface area (Å²) < 4.78 is 15.3. The van der Waals surface area contributed by atoms with Gasteiger partial charge in [0.05, 0.1) is 31.4 Å². The Hall–Kier alpha value is -2.99. The molecule has 27 heavy (non-hydrogen) atoms. The fourth-order valence-corrected chi connectivity index (χ4v) is 2.62. The minimum absolute atomic E-state index is 0.284. The van der Waals surface area contributed by atoms with Gasteiger partial charge in [-0.1, -0.05) is 17.7 Å². The van der Waals surface area contributed by atoms with E-state index in [0.717, 1.165) is 0 Å². The summed E-state index contributed by atoms with van der Waals surface area (Å²) >= 11 is 6.15. The van der Waals surface area contributed by atoms with Gasteiger partial charge >= 0.3 is 5.97 Å². The van der Waals surface area contributed by atoms with Gasteiger partial charge in [0.15, 0.2) is 11.5 Å². The zero-order valence-corrected chi connectivity index (χ0v) is 16.0. The first kappa shape index (κ1) is 20.3. The molecule has 142 valence electrons. The summed E-state index contributed by atoms with van der Waals surface area (Å²) in [7, 11) is 3.00. The molecule has 0 aliphatic heterocycles. The molecule has 0 fully saturated rings. The first-order valence-corrected chi connectivity index (χ1v) is 8.54. The van der Waals surface area contributed by atoms with E-state index in [2.05, 4.69) is 5.32 Å². The SMILES string of the molecule is CCOC(=O)c1cccc(NC(=O)/C=C/c2cc(Cl)c(OC)c(OC)c2)c1. The Balaban J connectivity index is 2.11. The second kappa shape index (κ2) is 9.64. The molecule has 2 rings (SSSR count). The smallest absolute Gasteiger partial charge is 0.338 e. The fraction of sp³-hybridized carbons (Fsp3) is 0.200. The Bertz CT molecular complexity index is 863. The van der Waals surface area contributed by atoms with E-state index in [1.165, 1.54) is 20.3 Å². The molecule has 7 heteroatoms. The molecule has 0 saturated carbocycles. The third kappa shape index (κ3) is 5.49. The van der Waals surface area contributed by atoms with Gasteiger partial charge in [-0.3, -0.25) is 4.79 Å². The number of esters is 1. The molecule has 0 aromatic heterocycles. The van der Waals surface area contributed by atoms with E-state index >= 15 is 0 Å². The van der Waals surface area contributed by atoms with Gasteiger partial charge < -0.3 is 19.5 Å². The van der Waals surface area contributed by atoms with Crippen LogP contribution < -0.4 is 14.8 Å². The van der Waals surface area contributed by atoms with Crippen molar-refractivity contribution in [2.24, 2.45) is 0 Å². The number of benzene rings is 2. The lowest BCUT2D eigenvalue weighted by Crippen LogP contribution is -2.09. The predicted octanol–water partition coefficient (Wildman–Crippen LogP) is 4.19. The molecule has 0 aliphatic carbocycles. The monoisotopic (exact) mass is 389 g/mol. The van der Waals surface area contributed by atoms with E-state index in [1.54, 1.807) is 49.4 Å². The summed E-state index contributed by atoms with van der Waals surface area (Å²) in [6.07, 6.45) is 2.95. The summed E-state index contributed by atoms with van der Waals surface area (Å²) in [6, 6.07) is 9.89. The van der Waals surface area contributed by atoms with E-state index < -0.39 is 5.97 Å². The molecule has 0 saturated heterocycles. The molecule has 1 amide bonds. The highest BCUT2D eigenvalue weighted by atomic mass is 35.5. The van der Waals surface area contributed by atoms with Crippen molar-refractivity contribution in [3.8, 4) is 11.5 Å². The maximum absolute atomic E-state index is 12.2. The molecule has 2 aromatic rings. The zero-order valence-electron chi connectivity index (χ0n) is 15.2. The number of carbonyl (C=O) groups excluding carboxylic acids is 2. The second-order valence-electron chi connectivity index (χ2n) is 5.36. The topological polar surface area (TPSA) is 73.9 Å². The van der Waals surface area contributed by atoms with Crippen LogP contribution in [0.4, 0.5) is 5.69 Å². The van der Waals surface area contributed by atoms with Crippen LogP contribution in [0.15, 0.2) is 42.5 Å². The summed E-state index contributed by atoms with van der Waals surface area (Å²) in [5.41, 5.74) is 1.53. The van der Waals surface area contributed by atoms with Crippen LogP contribution in [0.5, 0.6) is 11.5 Å². The number of hydrogen-bond acceptors (Lipinski definition) is 5. The summed E-state index contributed by atoms with van der Waals surface area (Å²) in [5, 5.41) is 3.07. The molecular weight excluding hydrogens is 370 g/mol. The Kier molecular flexibility index (Phi) is 7.25. The van der Waals surface area contributed by atoms with Crippen molar-refractivity contribution in [3.05, 3.63) is 58.6 Å². The van der Waals surface area contributed by atoms with Crippen LogP contribution >= 0.6 is 11.6 Å². The highest BCUT2D eigenvalue weighted by Gasteiger charge is 2.10. The number of anilines is 1. The van der Waals surface area contributed by atoms with Crippen molar-refractivity contribution < 1.29 is 23.8 Å². The van der Waals surface area contributed by atoms with Gasteiger partial charge in [-0.25, -0.2) is 4.79 Å². The average molecular weight is 390 g/mol. The maximum atomic E-state index is 12.2. The van der Waals surface area contributed by atoms with Crippen molar-refractivity contribution >= 4 is 35.2 Å². The largest absolute Gasteiger partial charge is 0.493 e. The van der Waals surface area contributed by atoms with Crippen LogP contribution in [0.25, 0.3) is 6.08 Å². The standard InChI is InChI=1S/C20H20ClNO5/c1-4-27-20(24)14-6-5-7-15(12-14)22-18(23)9-8-13-10-16(21)19(26-3)17(11-13)25-2/h5-12H,4H2,1-3H3,(H,22,23)/b9-8+. The number of amides is 1. The number of rotatable bonds is 7. The minimum atomic E-state index is -0.441. The van der Waals surface area contributed by atoms with Gasteiger partial charge in [0.2, 0.25) is 5.91 Å². The van der Waals surface area contributed by atoms with Crippen LogP contribution in [-0.2, 0) is 9.53 Å². The van der Waals surface area contributed by atoms with Crippen molar-refractivity contribution in [3.63, 3.8) is 0 Å². The number of halogens is 1. The van der Waals surface area contributed by atoms with E-state index in [9.17, 15) is 9.59 Å². The molecular formula is C20H20ClNO5. The molecule has 0 atom stereocenters. The fourth-order valence-electron chi connectivity index (χ4n) is 2.33. The van der Waals surface area contributed by atoms with E-state index in [-0.39, 0.29) is 12.5 Å². The van der Waals surface area contributed by atoms with Crippen molar-refractivity contribution in [1.29, 1.82) is 0 Å². The highest BCUT2D eigenvalue weighted by Crippen LogP contribution is 2.36. The molecule has 1 N–H and O–H groups in total. The molecule has 0 heterocycles. The van der Waals surface area contributed by atoms with Crippen LogP contribution in [-0.4, -0.2) is 32.7 Å². The number of hydrogen-bond donors (Lipinski definition) is 1. The predicted molar refractivity (Wildman–Crippen MR) is 105 cm³/mol. The van der Waals surface area contributed by atoms with Crippen molar-refractivity contribution in [1.82, 2.24) is 0 Å². The quantitative estimate of drug-likeness (QED) is 0.567. The van der Waals surface area contributed by atoms with Gasteiger partial charge in [0.25, 0.3) is 0 Å². The Morgan fingerprint density at radius 3 is 2.59 bits per heavy atom. The number of carbonyl (C=O) groups is 2. The minimum Gasteiger partial charge on any atom is -0.493 e. The maximum Gasteiger partial charge on any atom is 0.338 e. The van der Waals surface area contributed by atoms with Crippen LogP contribution in [0.2, 0.25) is 5.02 Å². The Labute approximate surface area is 162 Å². The molecule has 0 unspecified atom stereocenters. The van der Waals surface area contributed by atoms with E-state index in [0.29, 0.717) is 33.3 Å². The third-order valence-electron chi connectivity index (χ3n) is 3.52. The molecule has 6 nitrogen and oxygen atoms in total. The van der Waals surface area contributed by atoms with Crippen LogP contribution in [0, 0.1) is 0 Å². The van der Waals surface area contributed by atoms with E-state index in [4.69, 9.17) is 25.8 Å². The van der Waals surface area contributed by atoms with Crippen LogP contribution in [0.3, 0.4) is 0 Å². The number of methoxy groups -OCH3 is 2. The first-order valence-electron chi connectivity index (χ1n) is 8.16. The summed E-state index contributed by atoms with van der Waals surface area (Å²) in [6.45, 7) is 2.01. The third-order valence-corrected chi connectivity index (χ3v) is 3.81. The number of nitrogens with one attached hydrogen (secondary N) is 1. The zero-order chi connectivity index (χ0) is 19.8. The van der Waals surface area contributed by atoms with Gasteiger partial charge in [0, 0.05) is 11.8 Å². The molecule has 0 aliphatic rings. The van der Waals surface area contributed by atoms with Gasteiger partial charge in [0.1, 0.15) is 0 Å². The lowest BCUT2D eigenvalue weighted by atomic mass is 10.1. The first-order chi connectivity index (χ1) is 13.0. The molecule has 0 radical (unpaired) electrons. The Morgan fingerprint density at radius 1 is 1.15 bits per heavy atom. The summed E-state index contributed by atoms with van der Waals surface area (Å²) in [4.78, 5) is 23.9. The normalized spacial score (nSPS) is 10.5. The lowest BCUT2D eigenvalue weighted by Gasteiger charge is -2.10. The van der Waals surface area contributed by atoms with Crippen molar-refractivity contribution in [2.45, 2.75) is 6.92 Å².